The van der Waals surface area contributed by atoms with Crippen molar-refractivity contribution in [2.24, 2.45) is 10.1 Å². The van der Waals surface area contributed by atoms with E-state index in [9.17, 15) is 14.5 Å². The highest BCUT2D eigenvalue weighted by Crippen LogP contribution is 2.20. The minimum Gasteiger partial charge on any atom is -0.261 e. The molecule has 6 nitrogen and oxygen atoms in total. The molecule has 0 saturated heterocycles. The van der Waals surface area contributed by atoms with Crippen molar-refractivity contribution in [2.75, 3.05) is 7.05 Å². The fraction of sp³-hybridized carbons (Fsp3) is 0.0588. The molecule has 8 heteroatoms. The van der Waals surface area contributed by atoms with E-state index in [1.165, 1.54) is 41.8 Å². The zero-order chi connectivity index (χ0) is 17.8. The first kappa shape index (κ1) is 16.7. The van der Waals surface area contributed by atoms with Gasteiger partial charge in [0.1, 0.15) is 5.82 Å². The zero-order valence-corrected chi connectivity index (χ0v) is 14.0. The lowest BCUT2D eigenvalue weighted by atomic mass is 10.2. The largest absolute Gasteiger partial charge is 0.270 e. The van der Waals surface area contributed by atoms with Crippen molar-refractivity contribution in [1.82, 2.24) is 4.68 Å². The monoisotopic (exact) mass is 356 g/mol. The van der Waals surface area contributed by atoms with E-state index in [1.807, 2.05) is 5.38 Å². The number of rotatable bonds is 4. The Hall–Kier alpha value is -3.13. The molecule has 0 N–H and O–H groups in total. The van der Waals surface area contributed by atoms with Gasteiger partial charge >= 0.3 is 0 Å². The highest BCUT2D eigenvalue weighted by Gasteiger charge is 2.08. The predicted octanol–water partition coefficient (Wildman–Crippen LogP) is 3.68. The van der Waals surface area contributed by atoms with Crippen molar-refractivity contribution >= 4 is 23.2 Å². The summed E-state index contributed by atoms with van der Waals surface area (Å²) in [4.78, 5) is 15.2. The summed E-state index contributed by atoms with van der Waals surface area (Å²) in [5.74, 6) is -0.314. The Kier molecular flexibility index (Phi) is 4.80. The number of nitro groups is 1. The van der Waals surface area contributed by atoms with Gasteiger partial charge in [0.25, 0.3) is 5.69 Å². The highest BCUT2D eigenvalue weighted by molar-refractivity contribution is 7.07. The number of thiazole rings is 1. The van der Waals surface area contributed by atoms with Crippen LogP contribution in [0, 0.1) is 15.9 Å². The van der Waals surface area contributed by atoms with Crippen molar-refractivity contribution in [3.05, 3.63) is 80.2 Å². The molecule has 0 aliphatic rings. The molecule has 2 aromatic carbocycles. The van der Waals surface area contributed by atoms with Crippen molar-refractivity contribution in [3.8, 4) is 11.3 Å². The topological polar surface area (TPSA) is 72.8 Å². The summed E-state index contributed by atoms with van der Waals surface area (Å²) in [6.07, 6.45) is 1.53. The number of benzene rings is 2. The lowest BCUT2D eigenvalue weighted by molar-refractivity contribution is -0.384. The Morgan fingerprint density at radius 3 is 2.68 bits per heavy atom. The second-order valence-electron chi connectivity index (χ2n) is 5.04. The summed E-state index contributed by atoms with van der Waals surface area (Å²) in [5, 5.41) is 17.1. The Bertz CT molecular complexity index is 1010. The quantitative estimate of drug-likeness (QED) is 0.406. The molecule has 0 bridgehead atoms. The summed E-state index contributed by atoms with van der Waals surface area (Å²) in [6.45, 7) is 0. The maximum absolute atomic E-state index is 13.1. The third-order valence-electron chi connectivity index (χ3n) is 3.42. The minimum atomic E-state index is -0.453. The molecule has 1 aromatic heterocycles. The lowest BCUT2D eigenvalue weighted by Crippen LogP contribution is -2.11. The molecule has 0 saturated carbocycles. The van der Waals surface area contributed by atoms with Gasteiger partial charge in [-0.1, -0.05) is 12.1 Å². The van der Waals surface area contributed by atoms with Crippen molar-refractivity contribution < 1.29 is 9.31 Å². The standard InChI is InChI=1S/C17H13FN4O2S/c1-19-17-21(16(11-25-17)13-5-7-14(18)8-6-13)20-10-12-3-2-4-15(9-12)22(23)24/h2-11H,1H3/b19-17?,20-10-. The maximum Gasteiger partial charge on any atom is 0.270 e. The number of non-ortho nitro benzene ring substituents is 1. The van der Waals surface area contributed by atoms with E-state index in [1.54, 1.807) is 36.0 Å². The number of hydrogen-bond donors (Lipinski definition) is 0. The van der Waals surface area contributed by atoms with Crippen LogP contribution in [0.4, 0.5) is 10.1 Å². The van der Waals surface area contributed by atoms with Gasteiger partial charge in [0, 0.05) is 35.7 Å². The van der Waals surface area contributed by atoms with Crippen LogP contribution in [0.1, 0.15) is 5.56 Å². The molecule has 0 fully saturated rings. The molecule has 3 rings (SSSR count). The van der Waals surface area contributed by atoms with Crippen molar-refractivity contribution in [1.29, 1.82) is 0 Å². The van der Waals surface area contributed by atoms with Gasteiger partial charge in [0.05, 0.1) is 16.8 Å². The Morgan fingerprint density at radius 2 is 2.00 bits per heavy atom. The van der Waals surface area contributed by atoms with Crippen LogP contribution < -0.4 is 4.80 Å². The van der Waals surface area contributed by atoms with Crippen LogP contribution in [-0.4, -0.2) is 22.9 Å². The summed E-state index contributed by atoms with van der Waals surface area (Å²) in [6, 6.07) is 12.3. The third-order valence-corrected chi connectivity index (χ3v) is 4.33. The average Bonchev–Trinajstić information content (AvgIpc) is 3.03. The molecule has 0 unspecified atom stereocenters. The van der Waals surface area contributed by atoms with Gasteiger partial charge < -0.3 is 0 Å². The highest BCUT2D eigenvalue weighted by atomic mass is 32.1. The summed E-state index contributed by atoms with van der Waals surface area (Å²) in [5.41, 5.74) is 2.15. The first-order valence-electron chi connectivity index (χ1n) is 7.26. The van der Waals surface area contributed by atoms with E-state index >= 15 is 0 Å². The molecule has 0 amide bonds. The molecular weight excluding hydrogens is 343 g/mol. The van der Waals surface area contributed by atoms with Gasteiger partial charge in [-0.25, -0.2) is 9.07 Å². The molecular formula is C17H13FN4O2S. The molecule has 126 valence electrons. The van der Waals surface area contributed by atoms with Crippen LogP contribution in [0.15, 0.2) is 64.0 Å². The van der Waals surface area contributed by atoms with E-state index in [-0.39, 0.29) is 11.5 Å². The molecule has 0 atom stereocenters. The molecule has 0 aliphatic heterocycles. The molecule has 1 heterocycles. The molecule has 0 aliphatic carbocycles. The number of aromatic nitrogens is 1. The van der Waals surface area contributed by atoms with Gasteiger partial charge in [-0.3, -0.25) is 15.1 Å². The Morgan fingerprint density at radius 1 is 1.24 bits per heavy atom. The first-order chi connectivity index (χ1) is 12.1. The number of halogens is 1. The second kappa shape index (κ2) is 7.18. The van der Waals surface area contributed by atoms with Crippen LogP contribution in [0.2, 0.25) is 0 Å². The summed E-state index contributed by atoms with van der Waals surface area (Å²) < 4.78 is 14.8. The minimum absolute atomic E-state index is 0.00145. The van der Waals surface area contributed by atoms with E-state index in [0.717, 1.165) is 11.3 Å². The second-order valence-corrected chi connectivity index (χ2v) is 5.88. The van der Waals surface area contributed by atoms with Crippen LogP contribution in [-0.2, 0) is 0 Å². The molecule has 3 aromatic rings. The van der Waals surface area contributed by atoms with Crippen LogP contribution in [0.5, 0.6) is 0 Å². The molecule has 0 spiro atoms. The first-order valence-corrected chi connectivity index (χ1v) is 8.14. The smallest absolute Gasteiger partial charge is 0.261 e. The van der Waals surface area contributed by atoms with E-state index in [0.29, 0.717) is 10.4 Å². The van der Waals surface area contributed by atoms with Gasteiger partial charge in [0.15, 0.2) is 0 Å². The normalized spacial score (nSPS) is 12.0. The fourth-order valence-corrected chi connectivity index (χ4v) is 3.03. The van der Waals surface area contributed by atoms with Crippen molar-refractivity contribution in [2.45, 2.75) is 0 Å². The Balaban J connectivity index is 2.02. The Labute approximate surface area is 146 Å². The SMILES string of the molecule is CN=c1scc(-c2ccc(F)cc2)n1/N=C\c1cccc([N+](=O)[O-])c1. The lowest BCUT2D eigenvalue weighted by Gasteiger charge is -2.03. The summed E-state index contributed by atoms with van der Waals surface area (Å²) >= 11 is 1.40. The van der Waals surface area contributed by atoms with Gasteiger partial charge in [0.2, 0.25) is 4.80 Å². The fourth-order valence-electron chi connectivity index (χ4n) is 2.22. The third kappa shape index (κ3) is 3.69. The number of nitrogens with zero attached hydrogens (tertiary/aromatic N) is 4. The van der Waals surface area contributed by atoms with Crippen molar-refractivity contribution in [3.63, 3.8) is 0 Å². The van der Waals surface area contributed by atoms with Crippen LogP contribution in [0.3, 0.4) is 0 Å². The van der Waals surface area contributed by atoms with Gasteiger partial charge in [-0.05, 0) is 24.3 Å². The summed E-state index contributed by atoms with van der Waals surface area (Å²) in [7, 11) is 1.65. The average molecular weight is 356 g/mol. The van der Waals surface area contributed by atoms with E-state index < -0.39 is 4.92 Å². The number of hydrogen-bond acceptors (Lipinski definition) is 5. The van der Waals surface area contributed by atoms with E-state index in [2.05, 4.69) is 10.1 Å². The van der Waals surface area contributed by atoms with E-state index in [4.69, 9.17) is 0 Å². The van der Waals surface area contributed by atoms with Crippen LogP contribution >= 0.6 is 11.3 Å². The molecule has 0 radical (unpaired) electrons. The number of nitro benzene ring substituents is 1. The van der Waals surface area contributed by atoms with Gasteiger partial charge in [-0.15, -0.1) is 11.3 Å². The van der Waals surface area contributed by atoms with Gasteiger partial charge in [-0.2, -0.15) is 5.10 Å². The zero-order valence-electron chi connectivity index (χ0n) is 13.2. The maximum atomic E-state index is 13.1. The molecule has 25 heavy (non-hydrogen) atoms. The predicted molar refractivity (Wildman–Crippen MR) is 95.3 cm³/mol. The van der Waals surface area contributed by atoms with Crippen LogP contribution in [0.25, 0.3) is 11.3 Å².